The normalized spacial score (nSPS) is 13.3. The van der Waals surface area contributed by atoms with Gasteiger partial charge in [-0.3, -0.25) is 0 Å². The summed E-state index contributed by atoms with van der Waals surface area (Å²) >= 11 is 0. The molecule has 1 aromatic rings. The molecular weight excluding hydrogens is 180 g/mol. The second-order valence-electron chi connectivity index (χ2n) is 4.44. The molecule has 15 heavy (non-hydrogen) atoms. The van der Waals surface area contributed by atoms with E-state index in [2.05, 4.69) is 57.2 Å². The summed E-state index contributed by atoms with van der Waals surface area (Å²) in [6.45, 7) is 6.56. The van der Waals surface area contributed by atoms with Crippen LogP contribution in [0.1, 0.15) is 37.8 Å². The highest BCUT2D eigenvalue weighted by molar-refractivity contribution is 5.21. The summed E-state index contributed by atoms with van der Waals surface area (Å²) in [6.07, 6.45) is 8.10. The minimum Gasteiger partial charge on any atom is -0.0917 e. The van der Waals surface area contributed by atoms with Crippen molar-refractivity contribution in [1.29, 1.82) is 0 Å². The van der Waals surface area contributed by atoms with E-state index in [1.807, 2.05) is 0 Å². The third-order valence-electron chi connectivity index (χ3n) is 2.77. The molecule has 0 heteroatoms. The van der Waals surface area contributed by atoms with Gasteiger partial charge in [-0.05, 0) is 44.6 Å². The first-order valence-corrected chi connectivity index (χ1v) is 5.89. The molecule has 1 aromatic carbocycles. The van der Waals surface area contributed by atoms with Crippen LogP contribution in [-0.4, -0.2) is 0 Å². The molecule has 0 aliphatic rings. The Morgan fingerprint density at radius 1 is 1.20 bits per heavy atom. The summed E-state index contributed by atoms with van der Waals surface area (Å²) in [5.41, 5.74) is 2.81. The summed E-state index contributed by atoms with van der Waals surface area (Å²) in [6, 6.07) is 8.91. The van der Waals surface area contributed by atoms with Crippen LogP contribution in [0.25, 0.3) is 0 Å². The molecule has 0 aliphatic carbocycles. The fraction of sp³-hybridized carbons (Fsp3) is 0.467. The van der Waals surface area contributed by atoms with Crippen LogP contribution < -0.4 is 0 Å². The van der Waals surface area contributed by atoms with E-state index in [4.69, 9.17) is 0 Å². The first kappa shape index (κ1) is 12.0. The van der Waals surface area contributed by atoms with Gasteiger partial charge in [0.15, 0.2) is 0 Å². The fourth-order valence-electron chi connectivity index (χ4n) is 1.78. The summed E-state index contributed by atoms with van der Waals surface area (Å²) in [4.78, 5) is 0. The van der Waals surface area contributed by atoms with Gasteiger partial charge in [-0.15, -0.1) is 0 Å². The van der Waals surface area contributed by atoms with E-state index in [0.29, 0.717) is 0 Å². The molecule has 1 rings (SSSR count). The van der Waals surface area contributed by atoms with Crippen LogP contribution in [0.5, 0.6) is 0 Å². The van der Waals surface area contributed by atoms with Crippen LogP contribution in [0.4, 0.5) is 0 Å². The average Bonchev–Trinajstić information content (AvgIpc) is 2.22. The van der Waals surface area contributed by atoms with Gasteiger partial charge in [0.1, 0.15) is 0 Å². The number of rotatable bonds is 5. The van der Waals surface area contributed by atoms with Gasteiger partial charge in [-0.25, -0.2) is 0 Å². The summed E-state index contributed by atoms with van der Waals surface area (Å²) < 4.78 is 0. The van der Waals surface area contributed by atoms with Crippen molar-refractivity contribution in [3.63, 3.8) is 0 Å². The van der Waals surface area contributed by atoms with E-state index in [1.54, 1.807) is 0 Å². The molecule has 1 unspecified atom stereocenters. The summed E-state index contributed by atoms with van der Waals surface area (Å²) in [5.74, 6) is 0.781. The molecule has 0 saturated heterocycles. The summed E-state index contributed by atoms with van der Waals surface area (Å²) in [5, 5.41) is 0. The van der Waals surface area contributed by atoms with Crippen molar-refractivity contribution in [2.24, 2.45) is 5.92 Å². The Kier molecular flexibility index (Phi) is 5.17. The van der Waals surface area contributed by atoms with Gasteiger partial charge in [-0.1, -0.05) is 48.9 Å². The molecule has 0 heterocycles. The van der Waals surface area contributed by atoms with E-state index in [1.165, 1.54) is 30.4 Å². The molecular formula is C15H22. The predicted octanol–water partition coefficient (Wildman–Crippen LogP) is 4.53. The van der Waals surface area contributed by atoms with Crippen molar-refractivity contribution in [1.82, 2.24) is 0 Å². The quantitative estimate of drug-likeness (QED) is 0.615. The zero-order valence-electron chi connectivity index (χ0n) is 10.2. The Bertz CT molecular complexity index is 292. The fourth-order valence-corrected chi connectivity index (χ4v) is 1.78. The van der Waals surface area contributed by atoms with E-state index in [9.17, 15) is 0 Å². The van der Waals surface area contributed by atoms with Crippen LogP contribution in [0, 0.1) is 12.8 Å². The maximum absolute atomic E-state index is 2.34. The molecule has 0 radical (unpaired) electrons. The molecule has 0 spiro atoms. The maximum Gasteiger partial charge on any atom is -0.0253 e. The Morgan fingerprint density at radius 2 is 1.87 bits per heavy atom. The minimum atomic E-state index is 0.781. The van der Waals surface area contributed by atoms with Crippen molar-refractivity contribution < 1.29 is 0 Å². The summed E-state index contributed by atoms with van der Waals surface area (Å²) in [7, 11) is 0. The first-order chi connectivity index (χ1) is 7.22. The smallest absolute Gasteiger partial charge is 0.0253 e. The number of hydrogen-bond acceptors (Lipinski definition) is 0. The molecule has 82 valence electrons. The van der Waals surface area contributed by atoms with Crippen LogP contribution in [0.15, 0.2) is 36.4 Å². The molecule has 0 aromatic heterocycles. The van der Waals surface area contributed by atoms with Crippen LogP contribution in [0.3, 0.4) is 0 Å². The molecule has 1 atom stereocenters. The minimum absolute atomic E-state index is 0.781. The predicted molar refractivity (Wildman–Crippen MR) is 68.1 cm³/mol. The van der Waals surface area contributed by atoms with Crippen LogP contribution >= 0.6 is 0 Å². The molecule has 0 fully saturated rings. The highest BCUT2D eigenvalue weighted by Gasteiger charge is 2.02. The van der Waals surface area contributed by atoms with E-state index in [0.717, 1.165) is 5.92 Å². The molecule has 0 N–H and O–H groups in total. The number of hydrogen-bond donors (Lipinski definition) is 0. The van der Waals surface area contributed by atoms with Gasteiger partial charge in [0, 0.05) is 0 Å². The van der Waals surface area contributed by atoms with E-state index in [-0.39, 0.29) is 0 Å². The van der Waals surface area contributed by atoms with E-state index < -0.39 is 0 Å². The lowest BCUT2D eigenvalue weighted by Crippen LogP contribution is -1.99. The standard InChI is InChI=1S/C15H22/c1-4-5-6-7-14(3)12-15-10-8-13(2)9-11-15/h4-5,8-11,14H,6-7,12H2,1-3H3. The van der Waals surface area contributed by atoms with Crippen molar-refractivity contribution in [3.8, 4) is 0 Å². The molecule has 0 aliphatic heterocycles. The molecule has 0 amide bonds. The Hall–Kier alpha value is -1.04. The van der Waals surface area contributed by atoms with Crippen molar-refractivity contribution in [2.75, 3.05) is 0 Å². The third-order valence-corrected chi connectivity index (χ3v) is 2.77. The average molecular weight is 202 g/mol. The molecule has 0 bridgehead atoms. The third kappa shape index (κ3) is 4.83. The highest BCUT2D eigenvalue weighted by Crippen LogP contribution is 2.14. The highest BCUT2D eigenvalue weighted by atomic mass is 14.1. The number of allylic oxidation sites excluding steroid dienone is 2. The lowest BCUT2D eigenvalue weighted by Gasteiger charge is -2.10. The number of aryl methyl sites for hydroxylation is 1. The number of benzene rings is 1. The van der Waals surface area contributed by atoms with Crippen molar-refractivity contribution in [2.45, 2.75) is 40.0 Å². The van der Waals surface area contributed by atoms with Gasteiger partial charge >= 0.3 is 0 Å². The molecule has 0 nitrogen and oxygen atoms in total. The second-order valence-corrected chi connectivity index (χ2v) is 4.44. The van der Waals surface area contributed by atoms with Crippen LogP contribution in [-0.2, 0) is 6.42 Å². The lowest BCUT2D eigenvalue weighted by molar-refractivity contribution is 0.536. The van der Waals surface area contributed by atoms with Crippen molar-refractivity contribution in [3.05, 3.63) is 47.5 Å². The topological polar surface area (TPSA) is 0 Å². The Morgan fingerprint density at radius 3 is 2.47 bits per heavy atom. The first-order valence-electron chi connectivity index (χ1n) is 5.89. The van der Waals surface area contributed by atoms with Gasteiger partial charge in [0.25, 0.3) is 0 Å². The largest absolute Gasteiger partial charge is 0.0917 e. The SMILES string of the molecule is CC=CCCC(C)Cc1ccc(C)cc1. The van der Waals surface area contributed by atoms with Gasteiger partial charge in [0.05, 0.1) is 0 Å². The zero-order valence-corrected chi connectivity index (χ0v) is 10.2. The van der Waals surface area contributed by atoms with Gasteiger partial charge in [-0.2, -0.15) is 0 Å². The maximum atomic E-state index is 2.34. The lowest BCUT2D eigenvalue weighted by atomic mass is 9.96. The Labute approximate surface area is 94.0 Å². The van der Waals surface area contributed by atoms with E-state index >= 15 is 0 Å². The second kappa shape index (κ2) is 6.44. The Balaban J connectivity index is 2.37. The van der Waals surface area contributed by atoms with Gasteiger partial charge < -0.3 is 0 Å². The van der Waals surface area contributed by atoms with Gasteiger partial charge in [0.2, 0.25) is 0 Å². The van der Waals surface area contributed by atoms with Crippen LogP contribution in [0.2, 0.25) is 0 Å². The molecule has 0 saturated carbocycles. The van der Waals surface area contributed by atoms with Crippen molar-refractivity contribution >= 4 is 0 Å². The zero-order chi connectivity index (χ0) is 11.1. The monoisotopic (exact) mass is 202 g/mol.